The summed E-state index contributed by atoms with van der Waals surface area (Å²) < 4.78 is 0. The minimum atomic E-state index is -0.140. The lowest BCUT2D eigenvalue weighted by Gasteiger charge is -2.31. The van der Waals surface area contributed by atoms with Gasteiger partial charge in [0, 0.05) is 25.9 Å². The van der Waals surface area contributed by atoms with Crippen LogP contribution in [0.15, 0.2) is 58.3 Å². The maximum Gasteiger partial charge on any atom is 0.275 e. The van der Waals surface area contributed by atoms with Crippen molar-refractivity contribution in [2.75, 3.05) is 10.6 Å². The Bertz CT molecular complexity index is 1410. The molecule has 0 saturated carbocycles. The molecule has 0 bridgehead atoms. The summed E-state index contributed by atoms with van der Waals surface area (Å²) in [6.07, 6.45) is 6.88. The van der Waals surface area contributed by atoms with Gasteiger partial charge in [-0.1, -0.05) is 48.3 Å². The van der Waals surface area contributed by atoms with Gasteiger partial charge in [0.05, 0.1) is 17.1 Å². The van der Waals surface area contributed by atoms with Crippen molar-refractivity contribution in [3.8, 4) is 0 Å². The van der Waals surface area contributed by atoms with Crippen molar-refractivity contribution < 1.29 is 4.79 Å². The van der Waals surface area contributed by atoms with Crippen LogP contribution in [0.4, 0.5) is 17.1 Å². The van der Waals surface area contributed by atoms with Gasteiger partial charge in [0.25, 0.3) is 5.91 Å². The highest BCUT2D eigenvalue weighted by Crippen LogP contribution is 2.50. The van der Waals surface area contributed by atoms with E-state index in [4.69, 9.17) is 22.3 Å². The smallest absolute Gasteiger partial charge is 0.275 e. The van der Waals surface area contributed by atoms with E-state index in [9.17, 15) is 4.79 Å². The molecule has 2 aromatic heterocycles. The highest BCUT2D eigenvalue weighted by molar-refractivity contribution is 7.99. The number of nitrogen functional groups attached to an aromatic ring is 1. The van der Waals surface area contributed by atoms with Crippen molar-refractivity contribution in [3.63, 3.8) is 0 Å². The number of amides is 1. The summed E-state index contributed by atoms with van der Waals surface area (Å²) in [5.41, 5.74) is 11.2. The molecule has 3 heterocycles. The summed E-state index contributed by atoms with van der Waals surface area (Å²) >= 11 is 9.38. The van der Waals surface area contributed by atoms with Gasteiger partial charge in [-0.25, -0.2) is 4.98 Å². The number of anilines is 3. The first-order valence-corrected chi connectivity index (χ1v) is 13.2. The number of benzene rings is 2. The maximum atomic E-state index is 14.0. The van der Waals surface area contributed by atoms with Gasteiger partial charge < -0.3 is 5.73 Å². The molecule has 6 rings (SSSR count). The third-order valence-electron chi connectivity index (χ3n) is 6.38. The van der Waals surface area contributed by atoms with Crippen LogP contribution in [-0.4, -0.2) is 10.9 Å². The molecule has 33 heavy (non-hydrogen) atoms. The predicted molar refractivity (Wildman–Crippen MR) is 138 cm³/mol. The molecule has 1 aliphatic heterocycles. The summed E-state index contributed by atoms with van der Waals surface area (Å²) in [7, 11) is 0. The molecule has 0 unspecified atom stereocenters. The Morgan fingerprint density at radius 3 is 2.64 bits per heavy atom. The lowest BCUT2D eigenvalue weighted by atomic mass is 9.96. The fraction of sp³-hybridized carbons (Fsp3) is 0.231. The van der Waals surface area contributed by atoms with Crippen molar-refractivity contribution in [2.45, 2.75) is 48.3 Å². The van der Waals surface area contributed by atoms with E-state index in [0.29, 0.717) is 15.6 Å². The minimum absolute atomic E-state index is 0.140. The molecule has 0 atom stereocenters. The number of hydrogen-bond acceptors (Lipinski definition) is 5. The molecule has 0 spiro atoms. The molecule has 2 aliphatic rings. The van der Waals surface area contributed by atoms with Crippen LogP contribution in [0.2, 0.25) is 5.02 Å². The molecule has 7 heteroatoms. The second-order valence-electron chi connectivity index (χ2n) is 8.53. The summed E-state index contributed by atoms with van der Waals surface area (Å²) in [5.74, 6) is -0.140. The second-order valence-corrected chi connectivity index (χ2v) is 11.0. The number of rotatable bonds is 1. The average Bonchev–Trinajstić information content (AvgIpc) is 3.12. The highest BCUT2D eigenvalue weighted by Gasteiger charge is 2.32. The number of aromatic nitrogens is 1. The quantitative estimate of drug-likeness (QED) is 0.297. The molecular formula is C26H22ClN3OS2. The van der Waals surface area contributed by atoms with E-state index in [0.717, 1.165) is 50.6 Å². The SMILES string of the molecule is Nc1c(C(=O)N2c3ccccc3Sc3ccc(Cl)cc32)sc2nc3c(cc12)CCCCCC3. The molecule has 2 aromatic carbocycles. The number of nitrogens with zero attached hydrogens (tertiary/aromatic N) is 2. The molecule has 0 radical (unpaired) electrons. The standard InChI is InChI=1S/C26H22ClN3OS2/c27-16-11-12-22-20(14-16)30(19-9-5-6-10-21(19)32-22)26(31)24-23(28)17-13-15-7-3-1-2-4-8-18(15)29-25(17)33-24/h5-6,9-14H,1-4,7-8,28H2. The van der Waals surface area contributed by atoms with Gasteiger partial charge in [-0.3, -0.25) is 9.69 Å². The van der Waals surface area contributed by atoms with Crippen molar-refractivity contribution in [2.24, 2.45) is 0 Å². The number of carbonyl (C=O) groups excluding carboxylic acids is 1. The fourth-order valence-electron chi connectivity index (χ4n) is 4.72. The predicted octanol–water partition coefficient (Wildman–Crippen LogP) is 7.63. The van der Waals surface area contributed by atoms with Crippen LogP contribution in [0.3, 0.4) is 0 Å². The van der Waals surface area contributed by atoms with Crippen molar-refractivity contribution in [3.05, 3.63) is 69.7 Å². The van der Waals surface area contributed by atoms with E-state index in [1.54, 1.807) is 16.7 Å². The first-order valence-electron chi connectivity index (χ1n) is 11.2. The summed E-state index contributed by atoms with van der Waals surface area (Å²) in [4.78, 5) is 24.2. The Kier molecular flexibility index (Phi) is 5.32. The van der Waals surface area contributed by atoms with Gasteiger partial charge in [0.2, 0.25) is 0 Å². The molecule has 2 N–H and O–H groups in total. The van der Waals surface area contributed by atoms with Gasteiger partial charge >= 0.3 is 0 Å². The van der Waals surface area contributed by atoms with Crippen LogP contribution in [0.25, 0.3) is 10.2 Å². The lowest BCUT2D eigenvalue weighted by molar-refractivity contribution is 0.100. The maximum absolute atomic E-state index is 14.0. The number of para-hydroxylation sites is 1. The second kappa shape index (κ2) is 8.35. The van der Waals surface area contributed by atoms with Gasteiger partial charge in [-0.15, -0.1) is 11.3 Å². The van der Waals surface area contributed by atoms with Gasteiger partial charge in [-0.05, 0) is 67.6 Å². The minimum Gasteiger partial charge on any atom is -0.397 e. The van der Waals surface area contributed by atoms with Crippen molar-refractivity contribution in [1.29, 1.82) is 0 Å². The van der Waals surface area contributed by atoms with E-state index >= 15 is 0 Å². The molecule has 0 saturated heterocycles. The van der Waals surface area contributed by atoms with Crippen LogP contribution in [-0.2, 0) is 12.8 Å². The Hall–Kier alpha value is -2.54. The Morgan fingerprint density at radius 2 is 1.76 bits per heavy atom. The van der Waals surface area contributed by atoms with Crippen LogP contribution in [0.5, 0.6) is 0 Å². The number of fused-ring (bicyclic) bond motifs is 4. The Balaban J connectivity index is 1.49. The van der Waals surface area contributed by atoms with E-state index in [2.05, 4.69) is 6.07 Å². The Labute approximate surface area is 205 Å². The van der Waals surface area contributed by atoms with Crippen molar-refractivity contribution in [1.82, 2.24) is 4.98 Å². The van der Waals surface area contributed by atoms with Crippen LogP contribution in [0.1, 0.15) is 46.6 Å². The first kappa shape index (κ1) is 21.0. The van der Waals surface area contributed by atoms with Gasteiger partial charge in [0.1, 0.15) is 9.71 Å². The number of hydrogen-bond donors (Lipinski definition) is 1. The van der Waals surface area contributed by atoms with E-state index < -0.39 is 0 Å². The van der Waals surface area contributed by atoms with Crippen LogP contribution >= 0.6 is 34.7 Å². The van der Waals surface area contributed by atoms with Gasteiger partial charge in [0.15, 0.2) is 0 Å². The van der Waals surface area contributed by atoms with Gasteiger partial charge in [-0.2, -0.15) is 0 Å². The highest BCUT2D eigenvalue weighted by atomic mass is 35.5. The number of thiophene rings is 1. The first-order chi connectivity index (χ1) is 16.1. The summed E-state index contributed by atoms with van der Waals surface area (Å²) in [6.45, 7) is 0. The third-order valence-corrected chi connectivity index (χ3v) is 8.85. The molecule has 4 aromatic rings. The van der Waals surface area contributed by atoms with E-state index in [1.807, 2.05) is 42.5 Å². The summed E-state index contributed by atoms with van der Waals surface area (Å²) in [5, 5.41) is 1.49. The number of halogens is 1. The molecule has 1 aliphatic carbocycles. The summed E-state index contributed by atoms with van der Waals surface area (Å²) in [6, 6.07) is 15.8. The zero-order chi connectivity index (χ0) is 22.5. The van der Waals surface area contributed by atoms with E-state index in [-0.39, 0.29) is 5.91 Å². The zero-order valence-corrected chi connectivity index (χ0v) is 20.3. The zero-order valence-electron chi connectivity index (χ0n) is 17.9. The number of pyridine rings is 1. The number of aryl methyl sites for hydroxylation is 2. The monoisotopic (exact) mass is 491 g/mol. The largest absolute Gasteiger partial charge is 0.397 e. The normalized spacial score (nSPS) is 15.4. The van der Waals surface area contributed by atoms with Crippen molar-refractivity contribution >= 4 is 67.9 Å². The molecule has 1 amide bonds. The molecule has 166 valence electrons. The Morgan fingerprint density at radius 1 is 0.970 bits per heavy atom. The lowest BCUT2D eigenvalue weighted by Crippen LogP contribution is -2.28. The van der Waals surface area contributed by atoms with E-state index in [1.165, 1.54) is 41.9 Å². The number of carbonyl (C=O) groups is 1. The fourth-order valence-corrected chi connectivity index (χ4v) is 6.95. The molecule has 4 nitrogen and oxygen atoms in total. The number of nitrogens with two attached hydrogens (primary N) is 1. The topological polar surface area (TPSA) is 59.2 Å². The average molecular weight is 492 g/mol. The third kappa shape index (κ3) is 3.61. The van der Waals surface area contributed by atoms with Crippen LogP contribution in [0, 0.1) is 0 Å². The van der Waals surface area contributed by atoms with Crippen LogP contribution < -0.4 is 10.6 Å². The molecular weight excluding hydrogens is 470 g/mol. The molecule has 0 fully saturated rings.